The minimum atomic E-state index is 0. The van der Waals surface area contributed by atoms with Crippen LogP contribution in [0.3, 0.4) is 0 Å². The van der Waals surface area contributed by atoms with Crippen LogP contribution in [0.2, 0.25) is 0 Å². The monoisotopic (exact) mass is 247 g/mol. The first kappa shape index (κ1) is 15.9. The molecule has 0 unspecified atom stereocenters. The molecule has 0 rings (SSSR count). The first-order valence-corrected chi connectivity index (χ1v) is 1.08. The fourth-order valence-corrected chi connectivity index (χ4v) is 0. The van der Waals surface area contributed by atoms with Gasteiger partial charge in [0.1, 0.15) is 0 Å². The molecule has 0 bridgehead atoms. The van der Waals surface area contributed by atoms with Crippen LogP contribution in [0.5, 0.6) is 0 Å². The van der Waals surface area contributed by atoms with Gasteiger partial charge in [0.2, 0.25) is 0 Å². The third kappa shape index (κ3) is 8.83. The van der Waals surface area contributed by atoms with Crippen LogP contribution >= 0.6 is 0 Å². The molecule has 0 spiro atoms. The van der Waals surface area contributed by atoms with Crippen molar-refractivity contribution in [2.45, 2.75) is 0 Å². The van der Waals surface area contributed by atoms with Gasteiger partial charge in [-0.3, -0.25) is 0 Å². The van der Waals surface area contributed by atoms with E-state index in [-0.39, 0.29) is 70.1 Å². The van der Waals surface area contributed by atoms with Crippen molar-refractivity contribution in [2.24, 2.45) is 0 Å². The second-order valence-electron chi connectivity index (χ2n) is 0. The van der Waals surface area contributed by atoms with Gasteiger partial charge >= 0.3 is 69.8 Å². The minimum Gasteiger partial charge on any atom is 0 e. The molecule has 0 aliphatic heterocycles. The van der Waals surface area contributed by atoms with Crippen molar-refractivity contribution in [3.63, 3.8) is 0 Å². The van der Waals surface area contributed by atoms with Gasteiger partial charge in [0.25, 0.3) is 0 Å². The Morgan fingerprint density at radius 3 is 1.50 bits per heavy atom. The normalized spacial score (nSPS) is 0.750. The summed E-state index contributed by atoms with van der Waals surface area (Å²) in [5, 5.41) is 0. The fourth-order valence-electron chi connectivity index (χ4n) is 0. The molecule has 1 nitrogen and oxygen atoms in total. The average Bonchev–Trinajstić information content (AvgIpc) is 1.00. The average molecular weight is 246 g/mol. The van der Waals surface area contributed by atoms with Crippen LogP contribution in [0.15, 0.2) is 0 Å². The molecule has 0 aliphatic carbocycles. The van der Waals surface area contributed by atoms with Gasteiger partial charge in [0.05, 0.1) is 0 Å². The summed E-state index contributed by atoms with van der Waals surface area (Å²) in [6.07, 6.45) is 0. The van der Waals surface area contributed by atoms with Crippen LogP contribution in [0, 0.1) is 0 Å². The Balaban J connectivity index is -0.000000000833. The summed E-state index contributed by atoms with van der Waals surface area (Å²) in [7, 11) is 0. The Kier molecular flexibility index (Phi) is 68.2. The smallest absolute Gasteiger partial charge is 0 e. The van der Waals surface area contributed by atoms with Crippen LogP contribution < -0.4 is 0 Å². The summed E-state index contributed by atoms with van der Waals surface area (Å²) in [5.74, 6) is 0. The van der Waals surface area contributed by atoms with Crippen molar-refractivity contribution >= 4 is 45.5 Å². The van der Waals surface area contributed by atoms with Crippen molar-refractivity contribution in [3.8, 4) is 0 Å². The Morgan fingerprint density at radius 1 is 1.50 bits per heavy atom. The molecule has 0 aromatic carbocycles. The molecule has 4 heteroatoms. The molecular weight excluding hydrogens is 244 g/mol. The maximum atomic E-state index is 8.30. The van der Waals surface area contributed by atoms with Gasteiger partial charge < -0.3 is 2.85 Å². The van der Waals surface area contributed by atoms with E-state index in [0.717, 1.165) is 0 Å². The van der Waals surface area contributed by atoms with Crippen molar-refractivity contribution in [1.82, 2.24) is 0 Å². The van der Waals surface area contributed by atoms with Crippen LogP contribution in [0.4, 0.5) is 0 Å². The first-order chi connectivity index (χ1) is 1.00. The largest absolute Gasteiger partial charge is 2.00 e. The van der Waals surface area contributed by atoms with Crippen LogP contribution in [0.25, 0.3) is 0 Å². The molecule has 0 fully saturated rings. The molecule has 0 aliphatic rings. The van der Waals surface area contributed by atoms with Gasteiger partial charge in [-0.25, -0.2) is 0 Å². The zero-order valence-corrected chi connectivity index (χ0v) is 9.30. The standard InChI is InChI=1S/Nb.O.Sr.Ti.2H/q;;+2;;2*-1. The van der Waals surface area contributed by atoms with E-state index in [4.69, 9.17) is 3.25 Å². The molecular formula is H2NbOSrTi. The van der Waals surface area contributed by atoms with Crippen molar-refractivity contribution < 1.29 is 48.9 Å². The van der Waals surface area contributed by atoms with E-state index in [1.807, 2.05) is 0 Å². The Hall–Kier alpha value is 2.74. The van der Waals surface area contributed by atoms with E-state index in [0.29, 0.717) is 21.0 Å². The molecule has 19 valence electrons. The van der Waals surface area contributed by atoms with E-state index in [2.05, 4.69) is 0 Å². The van der Waals surface area contributed by atoms with E-state index in [1.54, 1.807) is 0 Å². The van der Waals surface area contributed by atoms with Gasteiger partial charge in [-0.05, 0) is 0 Å². The molecule has 0 amide bonds. The maximum Gasteiger partial charge on any atom is 2.00 e. The summed E-state index contributed by atoms with van der Waals surface area (Å²) in [6.45, 7) is 0. The third-order valence-corrected chi connectivity index (χ3v) is 0. The SMILES string of the molecule is [H-].[H-].[O]=[Nb].[Sr+2].[Ti]. The predicted octanol–water partition coefficient (Wildman–Crippen LogP) is -0.280. The summed E-state index contributed by atoms with van der Waals surface area (Å²) < 4.78 is 8.30. The fraction of sp³-hybridized carbons (Fsp3) is 0. The minimum absolute atomic E-state index is 0. The number of rotatable bonds is 0. The van der Waals surface area contributed by atoms with E-state index < -0.39 is 0 Å². The molecule has 0 N–H and O–H groups in total. The van der Waals surface area contributed by atoms with Gasteiger partial charge in [-0.2, -0.15) is 0 Å². The van der Waals surface area contributed by atoms with E-state index in [9.17, 15) is 0 Å². The Bertz CT molecular complexity index is 13.5. The third-order valence-electron chi connectivity index (χ3n) is 0. The second kappa shape index (κ2) is 17.2. The molecule has 0 aromatic rings. The van der Waals surface area contributed by atoms with Gasteiger partial charge in [-0.1, -0.05) is 0 Å². The van der Waals surface area contributed by atoms with E-state index in [1.165, 1.54) is 0 Å². The molecule has 4 heavy (non-hydrogen) atoms. The topological polar surface area (TPSA) is 17.1 Å². The summed E-state index contributed by atoms with van der Waals surface area (Å²) in [6, 6.07) is 0. The summed E-state index contributed by atoms with van der Waals surface area (Å²) in [5.41, 5.74) is 0. The molecule has 0 aromatic heterocycles. The molecule has 0 heterocycles. The van der Waals surface area contributed by atoms with Crippen molar-refractivity contribution in [1.29, 1.82) is 0 Å². The predicted molar refractivity (Wildman–Crippen MR) is 8.66 cm³/mol. The molecule has 0 saturated heterocycles. The zero-order chi connectivity index (χ0) is 2.00. The maximum absolute atomic E-state index is 8.30. The molecule has 0 radical (unpaired) electrons. The molecule has 0 atom stereocenters. The summed E-state index contributed by atoms with van der Waals surface area (Å²) >= 11 is 0.500. The Labute approximate surface area is 92.3 Å². The summed E-state index contributed by atoms with van der Waals surface area (Å²) in [4.78, 5) is 0. The van der Waals surface area contributed by atoms with Crippen LogP contribution in [-0.4, -0.2) is 45.5 Å². The second-order valence-corrected chi connectivity index (χ2v) is 0. The zero-order valence-electron chi connectivity index (χ0n) is 4.06. The first-order valence-electron chi connectivity index (χ1n) is 0.183. The molecule has 0 saturated carbocycles. The number of hydrogen-bond acceptors (Lipinski definition) is 1. The number of hydrogen-bond donors (Lipinski definition) is 0. The van der Waals surface area contributed by atoms with Crippen molar-refractivity contribution in [3.05, 3.63) is 0 Å². The van der Waals surface area contributed by atoms with Gasteiger partial charge in [0, 0.05) is 21.7 Å². The van der Waals surface area contributed by atoms with Gasteiger partial charge in [-0.15, -0.1) is 0 Å². The Morgan fingerprint density at radius 2 is 1.50 bits per heavy atom. The quantitative estimate of drug-likeness (QED) is 0.537. The van der Waals surface area contributed by atoms with Gasteiger partial charge in [0.15, 0.2) is 0 Å². The van der Waals surface area contributed by atoms with Crippen LogP contribution in [0.1, 0.15) is 2.85 Å². The van der Waals surface area contributed by atoms with E-state index >= 15 is 0 Å². The van der Waals surface area contributed by atoms with Crippen LogP contribution in [-0.2, 0) is 46.0 Å². The van der Waals surface area contributed by atoms with Crippen molar-refractivity contribution in [2.75, 3.05) is 0 Å².